The van der Waals surface area contributed by atoms with Gasteiger partial charge in [-0.3, -0.25) is 9.59 Å². The molecule has 2 amide bonds. The zero-order valence-electron chi connectivity index (χ0n) is 17.7. The standard InChI is InChI=1S/C25H25FN4O2/c26-21-16-18(10-11-23(21)30-14-5-13-27-30)28-24(31)19-7-2-3-8-20(19)25(32)29-15-12-17-6-1-4-9-22(17)29/h1,4-6,9-11,13-14,16,19-20H,2-3,7-8,12,15H2,(H,28,31). The summed E-state index contributed by atoms with van der Waals surface area (Å²) in [6, 6.07) is 14.2. The summed E-state index contributed by atoms with van der Waals surface area (Å²) in [7, 11) is 0. The Hall–Kier alpha value is -3.48. The minimum atomic E-state index is -0.476. The summed E-state index contributed by atoms with van der Waals surface area (Å²) in [5, 5.41) is 6.88. The number of amides is 2. The van der Waals surface area contributed by atoms with Gasteiger partial charge in [-0.05, 0) is 55.2 Å². The summed E-state index contributed by atoms with van der Waals surface area (Å²) in [6.07, 6.45) is 7.27. The van der Waals surface area contributed by atoms with E-state index in [2.05, 4.69) is 16.5 Å². The van der Waals surface area contributed by atoms with Crippen LogP contribution in [0.4, 0.5) is 15.8 Å². The number of hydrogen-bond donors (Lipinski definition) is 1. The van der Waals surface area contributed by atoms with E-state index in [1.54, 1.807) is 30.6 Å². The van der Waals surface area contributed by atoms with Crippen molar-refractivity contribution in [2.24, 2.45) is 11.8 Å². The van der Waals surface area contributed by atoms with Crippen LogP contribution >= 0.6 is 0 Å². The second-order valence-electron chi connectivity index (χ2n) is 8.47. The highest BCUT2D eigenvalue weighted by atomic mass is 19.1. The predicted molar refractivity (Wildman–Crippen MR) is 120 cm³/mol. The molecule has 32 heavy (non-hydrogen) atoms. The maximum Gasteiger partial charge on any atom is 0.230 e. The molecule has 3 aromatic rings. The number of rotatable bonds is 4. The number of anilines is 2. The molecule has 2 atom stereocenters. The van der Waals surface area contributed by atoms with Gasteiger partial charge < -0.3 is 10.2 Å². The number of carbonyl (C=O) groups excluding carboxylic acids is 2. The highest BCUT2D eigenvalue weighted by Crippen LogP contribution is 2.36. The quantitative estimate of drug-likeness (QED) is 0.667. The third kappa shape index (κ3) is 3.79. The van der Waals surface area contributed by atoms with E-state index < -0.39 is 11.7 Å². The largest absolute Gasteiger partial charge is 0.326 e. The van der Waals surface area contributed by atoms with Crippen LogP contribution in [0.15, 0.2) is 60.9 Å². The molecule has 2 aromatic carbocycles. The summed E-state index contributed by atoms with van der Waals surface area (Å²) >= 11 is 0. The smallest absolute Gasteiger partial charge is 0.230 e. The molecule has 6 nitrogen and oxygen atoms in total. The van der Waals surface area contributed by atoms with E-state index in [4.69, 9.17) is 0 Å². The fourth-order valence-electron chi connectivity index (χ4n) is 4.92. The Morgan fingerprint density at radius 2 is 1.81 bits per heavy atom. The first-order chi connectivity index (χ1) is 15.6. The molecule has 1 fully saturated rings. The summed E-state index contributed by atoms with van der Waals surface area (Å²) in [5.41, 5.74) is 2.82. The SMILES string of the molecule is O=C(Nc1ccc(-n2cccn2)c(F)c1)C1CCCCC1C(=O)N1CCc2ccccc21. The van der Waals surface area contributed by atoms with Crippen molar-refractivity contribution in [2.75, 3.05) is 16.8 Å². The van der Waals surface area contributed by atoms with Crippen LogP contribution in [0.3, 0.4) is 0 Å². The highest BCUT2D eigenvalue weighted by molar-refractivity contribution is 6.02. The van der Waals surface area contributed by atoms with Gasteiger partial charge in [0.2, 0.25) is 11.8 Å². The van der Waals surface area contributed by atoms with Gasteiger partial charge in [0, 0.05) is 36.2 Å². The molecule has 2 unspecified atom stereocenters. The molecule has 5 rings (SSSR count). The monoisotopic (exact) mass is 432 g/mol. The topological polar surface area (TPSA) is 67.2 Å². The van der Waals surface area contributed by atoms with Crippen molar-refractivity contribution in [1.82, 2.24) is 9.78 Å². The molecule has 0 bridgehead atoms. The lowest BCUT2D eigenvalue weighted by Gasteiger charge is -2.32. The lowest BCUT2D eigenvalue weighted by atomic mass is 9.77. The number of nitrogens with one attached hydrogen (secondary N) is 1. The third-order valence-electron chi connectivity index (χ3n) is 6.54. The first kappa shape index (κ1) is 20.4. The average Bonchev–Trinajstić information content (AvgIpc) is 3.49. The number of aromatic nitrogens is 2. The van der Waals surface area contributed by atoms with Crippen LogP contribution in [0, 0.1) is 17.7 Å². The summed E-state index contributed by atoms with van der Waals surface area (Å²) in [4.78, 5) is 28.4. The molecule has 1 aliphatic heterocycles. The fourth-order valence-corrected chi connectivity index (χ4v) is 4.92. The van der Waals surface area contributed by atoms with Crippen molar-refractivity contribution >= 4 is 23.2 Å². The molecule has 1 aliphatic carbocycles. The number of para-hydroxylation sites is 1. The van der Waals surface area contributed by atoms with Crippen LogP contribution in [-0.2, 0) is 16.0 Å². The van der Waals surface area contributed by atoms with Gasteiger partial charge in [-0.15, -0.1) is 0 Å². The van der Waals surface area contributed by atoms with Crippen molar-refractivity contribution in [3.8, 4) is 5.69 Å². The maximum atomic E-state index is 14.6. The number of hydrogen-bond acceptors (Lipinski definition) is 3. The molecular weight excluding hydrogens is 407 g/mol. The second-order valence-corrected chi connectivity index (χ2v) is 8.47. The van der Waals surface area contributed by atoms with E-state index in [1.165, 1.54) is 16.3 Å². The van der Waals surface area contributed by atoms with Crippen LogP contribution in [0.5, 0.6) is 0 Å². The van der Waals surface area contributed by atoms with Crippen LogP contribution in [0.1, 0.15) is 31.2 Å². The minimum Gasteiger partial charge on any atom is -0.326 e. The third-order valence-corrected chi connectivity index (χ3v) is 6.54. The van der Waals surface area contributed by atoms with Gasteiger partial charge in [-0.25, -0.2) is 9.07 Å². The Morgan fingerprint density at radius 1 is 1.00 bits per heavy atom. The number of nitrogens with zero attached hydrogens (tertiary/aromatic N) is 3. The van der Waals surface area contributed by atoms with E-state index >= 15 is 0 Å². The lowest BCUT2D eigenvalue weighted by Crippen LogP contribution is -2.43. The Balaban J connectivity index is 1.32. The first-order valence-electron chi connectivity index (χ1n) is 11.1. The Kier molecular flexibility index (Phi) is 5.47. The molecule has 1 saturated carbocycles. The number of fused-ring (bicyclic) bond motifs is 1. The van der Waals surface area contributed by atoms with Crippen molar-refractivity contribution in [3.63, 3.8) is 0 Å². The van der Waals surface area contributed by atoms with Crippen molar-refractivity contribution < 1.29 is 14.0 Å². The number of halogens is 1. The van der Waals surface area contributed by atoms with E-state index in [9.17, 15) is 14.0 Å². The van der Waals surface area contributed by atoms with E-state index in [-0.39, 0.29) is 17.7 Å². The van der Waals surface area contributed by atoms with Gasteiger partial charge in [0.25, 0.3) is 0 Å². The average molecular weight is 432 g/mol. The molecule has 7 heteroatoms. The van der Waals surface area contributed by atoms with Crippen LogP contribution in [0.25, 0.3) is 5.69 Å². The zero-order valence-corrected chi connectivity index (χ0v) is 17.7. The molecule has 2 heterocycles. The van der Waals surface area contributed by atoms with Gasteiger partial charge >= 0.3 is 0 Å². The second kappa shape index (κ2) is 8.57. The minimum absolute atomic E-state index is 0.0232. The van der Waals surface area contributed by atoms with Crippen molar-refractivity contribution in [1.29, 1.82) is 0 Å². The molecule has 0 radical (unpaired) electrons. The first-order valence-corrected chi connectivity index (χ1v) is 11.1. The van der Waals surface area contributed by atoms with Gasteiger partial charge in [-0.1, -0.05) is 31.0 Å². The van der Waals surface area contributed by atoms with Crippen LogP contribution < -0.4 is 10.2 Å². The normalized spacial score (nSPS) is 20.1. The molecule has 164 valence electrons. The van der Waals surface area contributed by atoms with Gasteiger partial charge in [0.15, 0.2) is 5.82 Å². The Labute approximate surface area is 186 Å². The van der Waals surface area contributed by atoms with Gasteiger partial charge in [0.05, 0.1) is 5.92 Å². The molecule has 1 aromatic heterocycles. The molecular formula is C25H25FN4O2. The highest BCUT2D eigenvalue weighted by Gasteiger charge is 2.39. The Bertz CT molecular complexity index is 1140. The number of benzene rings is 2. The van der Waals surface area contributed by atoms with Crippen LogP contribution in [0.2, 0.25) is 0 Å². The van der Waals surface area contributed by atoms with Gasteiger partial charge in [0.1, 0.15) is 5.69 Å². The predicted octanol–water partition coefficient (Wildman–Crippen LogP) is 4.35. The molecule has 0 saturated heterocycles. The maximum absolute atomic E-state index is 14.6. The molecule has 1 N–H and O–H groups in total. The van der Waals surface area contributed by atoms with E-state index in [0.717, 1.165) is 24.9 Å². The Morgan fingerprint density at radius 3 is 2.59 bits per heavy atom. The summed E-state index contributed by atoms with van der Waals surface area (Å²) in [5.74, 6) is -1.45. The van der Waals surface area contributed by atoms with Crippen molar-refractivity contribution in [3.05, 3.63) is 72.3 Å². The van der Waals surface area contributed by atoms with E-state index in [0.29, 0.717) is 30.8 Å². The summed E-state index contributed by atoms with van der Waals surface area (Å²) in [6.45, 7) is 0.656. The summed E-state index contributed by atoms with van der Waals surface area (Å²) < 4.78 is 16.0. The van der Waals surface area contributed by atoms with Crippen LogP contribution in [-0.4, -0.2) is 28.1 Å². The van der Waals surface area contributed by atoms with E-state index in [1.807, 2.05) is 23.1 Å². The molecule has 2 aliphatic rings. The molecule has 0 spiro atoms. The number of carbonyl (C=O) groups is 2. The van der Waals surface area contributed by atoms with Gasteiger partial charge in [-0.2, -0.15) is 5.10 Å². The zero-order chi connectivity index (χ0) is 22.1. The van der Waals surface area contributed by atoms with Crippen molar-refractivity contribution in [2.45, 2.75) is 32.1 Å². The fraction of sp³-hybridized carbons (Fsp3) is 0.320. The lowest BCUT2D eigenvalue weighted by molar-refractivity contribution is -0.132.